The first-order valence-corrected chi connectivity index (χ1v) is 4.56. The molecule has 1 heterocycles. The van der Waals surface area contributed by atoms with Gasteiger partial charge in [0.25, 0.3) is 0 Å². The molecule has 0 aliphatic carbocycles. The minimum atomic E-state index is -0.753. The monoisotopic (exact) mass is 185 g/mol. The second-order valence-electron chi connectivity index (χ2n) is 3.31. The molecule has 0 saturated carbocycles. The van der Waals surface area contributed by atoms with E-state index < -0.39 is 11.9 Å². The summed E-state index contributed by atoms with van der Waals surface area (Å²) in [6.07, 6.45) is 2.06. The molecule has 0 spiro atoms. The van der Waals surface area contributed by atoms with Crippen molar-refractivity contribution < 1.29 is 14.3 Å². The molecule has 0 aromatic carbocycles. The molecule has 4 heteroatoms. The van der Waals surface area contributed by atoms with Crippen LogP contribution in [-0.4, -0.2) is 37.0 Å². The molecule has 4 nitrogen and oxygen atoms in total. The molecule has 1 aliphatic heterocycles. The van der Waals surface area contributed by atoms with Crippen molar-refractivity contribution in [2.24, 2.45) is 5.92 Å². The molecule has 1 fully saturated rings. The Kier molecular flexibility index (Phi) is 3.28. The highest BCUT2D eigenvalue weighted by molar-refractivity contribution is 6.32. The van der Waals surface area contributed by atoms with Gasteiger partial charge in [-0.1, -0.05) is 13.3 Å². The SMILES string of the molecule is CCC1CCN(C(=O)C(=O)OC)C1. The first kappa shape index (κ1) is 10.0. The van der Waals surface area contributed by atoms with Gasteiger partial charge in [0.2, 0.25) is 0 Å². The lowest BCUT2D eigenvalue weighted by Crippen LogP contribution is -2.35. The predicted octanol–water partition coefficient (Wildman–Crippen LogP) is 0.418. The fourth-order valence-corrected chi connectivity index (χ4v) is 1.57. The van der Waals surface area contributed by atoms with Crippen molar-refractivity contribution in [1.82, 2.24) is 4.90 Å². The van der Waals surface area contributed by atoms with E-state index in [1.807, 2.05) is 0 Å². The van der Waals surface area contributed by atoms with Gasteiger partial charge in [0, 0.05) is 13.1 Å². The van der Waals surface area contributed by atoms with E-state index >= 15 is 0 Å². The fraction of sp³-hybridized carbons (Fsp3) is 0.778. The van der Waals surface area contributed by atoms with Crippen LogP contribution in [0.3, 0.4) is 0 Å². The van der Waals surface area contributed by atoms with Gasteiger partial charge in [-0.2, -0.15) is 0 Å². The second kappa shape index (κ2) is 4.25. The third kappa shape index (κ3) is 2.20. The Morgan fingerprint density at radius 2 is 2.23 bits per heavy atom. The number of ether oxygens (including phenoxy) is 1. The van der Waals surface area contributed by atoms with E-state index in [2.05, 4.69) is 11.7 Å². The first-order chi connectivity index (χ1) is 6.19. The summed E-state index contributed by atoms with van der Waals surface area (Å²) in [6.45, 7) is 3.48. The minimum absolute atomic E-state index is 0.501. The van der Waals surface area contributed by atoms with E-state index in [-0.39, 0.29) is 0 Å². The van der Waals surface area contributed by atoms with Crippen LogP contribution in [0.4, 0.5) is 0 Å². The summed E-state index contributed by atoms with van der Waals surface area (Å²) in [7, 11) is 1.23. The number of hydrogen-bond donors (Lipinski definition) is 0. The summed E-state index contributed by atoms with van der Waals surface area (Å²) in [6, 6.07) is 0. The van der Waals surface area contributed by atoms with E-state index in [1.165, 1.54) is 7.11 Å². The molecule has 1 saturated heterocycles. The van der Waals surface area contributed by atoms with Crippen molar-refractivity contribution >= 4 is 11.9 Å². The van der Waals surface area contributed by atoms with Gasteiger partial charge in [0.05, 0.1) is 7.11 Å². The lowest BCUT2D eigenvalue weighted by molar-refractivity contribution is -0.157. The smallest absolute Gasteiger partial charge is 0.396 e. The van der Waals surface area contributed by atoms with Crippen LogP contribution in [-0.2, 0) is 14.3 Å². The topological polar surface area (TPSA) is 46.6 Å². The van der Waals surface area contributed by atoms with Crippen molar-refractivity contribution in [3.05, 3.63) is 0 Å². The van der Waals surface area contributed by atoms with Gasteiger partial charge in [-0.05, 0) is 12.3 Å². The summed E-state index contributed by atoms with van der Waals surface area (Å²) in [4.78, 5) is 23.7. The quantitative estimate of drug-likeness (QED) is 0.439. The highest BCUT2D eigenvalue weighted by Crippen LogP contribution is 2.18. The Labute approximate surface area is 77.8 Å². The van der Waals surface area contributed by atoms with Crippen molar-refractivity contribution in [1.29, 1.82) is 0 Å². The van der Waals surface area contributed by atoms with Crippen molar-refractivity contribution in [2.45, 2.75) is 19.8 Å². The molecule has 0 aromatic rings. The molecule has 0 bridgehead atoms. The number of esters is 1. The lowest BCUT2D eigenvalue weighted by atomic mass is 10.1. The van der Waals surface area contributed by atoms with E-state index in [0.29, 0.717) is 19.0 Å². The van der Waals surface area contributed by atoms with Crippen LogP contribution < -0.4 is 0 Å². The number of carbonyl (C=O) groups is 2. The summed E-state index contributed by atoms with van der Waals surface area (Å²) in [5, 5.41) is 0. The van der Waals surface area contributed by atoms with Crippen molar-refractivity contribution in [3.63, 3.8) is 0 Å². The molecule has 1 atom stereocenters. The zero-order chi connectivity index (χ0) is 9.84. The predicted molar refractivity (Wildman–Crippen MR) is 47.0 cm³/mol. The Morgan fingerprint density at radius 3 is 2.69 bits per heavy atom. The number of carbonyl (C=O) groups excluding carboxylic acids is 2. The zero-order valence-electron chi connectivity index (χ0n) is 8.08. The van der Waals surface area contributed by atoms with Crippen molar-refractivity contribution in [3.8, 4) is 0 Å². The number of nitrogens with zero attached hydrogens (tertiary/aromatic N) is 1. The third-order valence-electron chi connectivity index (χ3n) is 2.51. The third-order valence-corrected chi connectivity index (χ3v) is 2.51. The number of rotatable bonds is 1. The average molecular weight is 185 g/mol. The number of amides is 1. The first-order valence-electron chi connectivity index (χ1n) is 4.56. The van der Waals surface area contributed by atoms with Gasteiger partial charge in [0.1, 0.15) is 0 Å². The van der Waals surface area contributed by atoms with Crippen LogP contribution in [0, 0.1) is 5.92 Å². The number of methoxy groups -OCH3 is 1. The Hall–Kier alpha value is -1.06. The average Bonchev–Trinajstić information content (AvgIpc) is 2.63. The Bertz CT molecular complexity index is 215. The van der Waals surface area contributed by atoms with Crippen LogP contribution in [0.2, 0.25) is 0 Å². The highest BCUT2D eigenvalue weighted by atomic mass is 16.5. The lowest BCUT2D eigenvalue weighted by Gasteiger charge is -2.13. The van der Waals surface area contributed by atoms with Gasteiger partial charge < -0.3 is 9.64 Å². The van der Waals surface area contributed by atoms with E-state index in [1.54, 1.807) is 4.90 Å². The van der Waals surface area contributed by atoms with Gasteiger partial charge in [-0.3, -0.25) is 4.79 Å². The van der Waals surface area contributed by atoms with Crippen LogP contribution in [0.25, 0.3) is 0 Å². The number of hydrogen-bond acceptors (Lipinski definition) is 3. The zero-order valence-corrected chi connectivity index (χ0v) is 8.08. The molecule has 74 valence electrons. The van der Waals surface area contributed by atoms with E-state index in [0.717, 1.165) is 12.8 Å². The fourth-order valence-electron chi connectivity index (χ4n) is 1.57. The molecular weight excluding hydrogens is 170 g/mol. The van der Waals surface area contributed by atoms with Gasteiger partial charge >= 0.3 is 11.9 Å². The molecular formula is C9H15NO3. The Balaban J connectivity index is 2.46. The van der Waals surface area contributed by atoms with E-state index in [4.69, 9.17) is 0 Å². The van der Waals surface area contributed by atoms with Gasteiger partial charge in [0.15, 0.2) is 0 Å². The molecule has 1 amide bonds. The molecule has 0 radical (unpaired) electrons. The maximum atomic E-state index is 11.3. The van der Waals surface area contributed by atoms with Gasteiger partial charge in [-0.25, -0.2) is 4.79 Å². The minimum Gasteiger partial charge on any atom is -0.462 e. The standard InChI is InChI=1S/C9H15NO3/c1-3-7-4-5-10(6-7)8(11)9(12)13-2/h7H,3-6H2,1-2H3. The molecule has 1 unspecified atom stereocenters. The van der Waals surface area contributed by atoms with Crippen LogP contribution in [0.5, 0.6) is 0 Å². The summed E-state index contributed by atoms with van der Waals surface area (Å²) in [5.74, 6) is -0.705. The maximum absolute atomic E-state index is 11.3. The molecule has 0 aromatic heterocycles. The summed E-state index contributed by atoms with van der Waals surface area (Å²) in [5.41, 5.74) is 0. The number of likely N-dealkylation sites (tertiary alicyclic amines) is 1. The van der Waals surface area contributed by atoms with Crippen LogP contribution in [0.1, 0.15) is 19.8 Å². The highest BCUT2D eigenvalue weighted by Gasteiger charge is 2.29. The largest absolute Gasteiger partial charge is 0.462 e. The summed E-state index contributed by atoms with van der Waals surface area (Å²) < 4.78 is 4.36. The molecule has 13 heavy (non-hydrogen) atoms. The van der Waals surface area contributed by atoms with E-state index in [9.17, 15) is 9.59 Å². The van der Waals surface area contributed by atoms with Crippen molar-refractivity contribution in [2.75, 3.05) is 20.2 Å². The van der Waals surface area contributed by atoms with Gasteiger partial charge in [-0.15, -0.1) is 0 Å². The molecule has 1 aliphatic rings. The molecule has 0 N–H and O–H groups in total. The normalized spacial score (nSPS) is 21.7. The van der Waals surface area contributed by atoms with Crippen LogP contribution >= 0.6 is 0 Å². The van der Waals surface area contributed by atoms with Crippen LogP contribution in [0.15, 0.2) is 0 Å². The molecule has 1 rings (SSSR count). The summed E-state index contributed by atoms with van der Waals surface area (Å²) >= 11 is 0. The Morgan fingerprint density at radius 1 is 1.54 bits per heavy atom. The maximum Gasteiger partial charge on any atom is 0.396 e. The second-order valence-corrected chi connectivity index (χ2v) is 3.31.